The Balaban J connectivity index is 0.00000128. The maximum atomic E-state index is 11.9. The van der Waals surface area contributed by atoms with E-state index in [0.717, 1.165) is 44.7 Å². The third-order valence-corrected chi connectivity index (χ3v) is 4.77. The number of hydrogen-bond acceptors (Lipinski definition) is 7. The van der Waals surface area contributed by atoms with Crippen LogP contribution in [0.1, 0.15) is 11.1 Å². The highest BCUT2D eigenvalue weighted by atomic mass is 35.5. The maximum absolute atomic E-state index is 11.9. The highest BCUT2D eigenvalue weighted by Crippen LogP contribution is 2.30. The van der Waals surface area contributed by atoms with Gasteiger partial charge in [0.15, 0.2) is 6.29 Å². The number of carbonyl (C=O) groups excluding carboxylic acids is 1. The minimum Gasteiger partial charge on any atom is -0.298 e. The van der Waals surface area contributed by atoms with Crippen molar-refractivity contribution in [3.05, 3.63) is 93.4 Å². The summed E-state index contributed by atoms with van der Waals surface area (Å²) in [5.74, 6) is 0. The summed E-state index contributed by atoms with van der Waals surface area (Å²) in [6.45, 7) is 0. The van der Waals surface area contributed by atoms with E-state index in [0.29, 0.717) is 11.3 Å². The third-order valence-electron chi connectivity index (χ3n) is 4.77. The molecule has 0 amide bonds. The van der Waals surface area contributed by atoms with E-state index in [2.05, 4.69) is 37.6 Å². The second-order valence-electron chi connectivity index (χ2n) is 6.34. The summed E-state index contributed by atoms with van der Waals surface area (Å²) in [5, 5.41) is 18.1. The standard InChI is InChI=1S/C21H14N6O.2ClH/c28-12-19-17-11-16-13(5-6-15(16)20-3-1-7-22-26-24-20)9-14(17)10-18(19)21-4-2-8-23-27-25-21;;/h1-12H,(H,22,24)(H,23,25);2*1H. The first-order valence-corrected chi connectivity index (χ1v) is 8.70. The molecule has 0 bridgehead atoms. The van der Waals surface area contributed by atoms with Gasteiger partial charge in [0.1, 0.15) is 0 Å². The van der Waals surface area contributed by atoms with Gasteiger partial charge in [0.25, 0.3) is 0 Å². The molecule has 2 aliphatic carbocycles. The molecule has 0 unspecified atom stereocenters. The second-order valence-corrected chi connectivity index (χ2v) is 6.34. The molecule has 0 spiro atoms. The Bertz CT molecular complexity index is 1280. The molecule has 2 heterocycles. The molecule has 1 aromatic carbocycles. The first kappa shape index (κ1) is 21.2. The van der Waals surface area contributed by atoms with Gasteiger partial charge in [0.2, 0.25) is 0 Å². The van der Waals surface area contributed by atoms with Crippen molar-refractivity contribution in [2.24, 2.45) is 20.7 Å². The largest absolute Gasteiger partial charge is 0.298 e. The van der Waals surface area contributed by atoms with Crippen LogP contribution in [0.15, 0.2) is 92.6 Å². The number of carbonyl (C=O) groups is 1. The molecular formula is C21H16Cl2N6O. The van der Waals surface area contributed by atoms with E-state index in [9.17, 15) is 4.79 Å². The van der Waals surface area contributed by atoms with Gasteiger partial charge in [-0.25, -0.2) is 0 Å². The van der Waals surface area contributed by atoms with Gasteiger partial charge < -0.3 is 0 Å². The lowest BCUT2D eigenvalue weighted by Crippen LogP contribution is -2.17. The van der Waals surface area contributed by atoms with E-state index in [-0.39, 0.29) is 24.8 Å². The molecule has 9 heteroatoms. The van der Waals surface area contributed by atoms with Crippen LogP contribution in [0, 0.1) is 0 Å². The van der Waals surface area contributed by atoms with E-state index >= 15 is 0 Å². The average Bonchev–Trinajstić information content (AvgIpc) is 3.01. The molecule has 30 heavy (non-hydrogen) atoms. The van der Waals surface area contributed by atoms with Gasteiger partial charge in [-0.05, 0) is 64.1 Å². The Hall–Kier alpha value is -3.55. The summed E-state index contributed by atoms with van der Waals surface area (Å²) in [6, 6.07) is 4.11. The molecule has 0 aromatic heterocycles. The number of benzene rings is 1. The van der Waals surface area contributed by atoms with Crippen LogP contribution < -0.4 is 21.3 Å². The van der Waals surface area contributed by atoms with Crippen LogP contribution in [0.4, 0.5) is 0 Å². The molecule has 0 saturated carbocycles. The number of hydrogen-bond donors (Lipinski definition) is 2. The Morgan fingerprint density at radius 2 is 1.47 bits per heavy atom. The van der Waals surface area contributed by atoms with Crippen LogP contribution in [-0.4, -0.2) is 6.29 Å². The van der Waals surface area contributed by atoms with Gasteiger partial charge in [-0.3, -0.25) is 15.6 Å². The minimum absolute atomic E-state index is 0. The van der Waals surface area contributed by atoms with E-state index in [1.165, 1.54) is 0 Å². The zero-order valence-corrected chi connectivity index (χ0v) is 17.1. The third kappa shape index (κ3) is 3.56. The fourth-order valence-electron chi connectivity index (χ4n) is 3.51. The van der Waals surface area contributed by atoms with Crippen molar-refractivity contribution in [1.82, 2.24) is 10.9 Å². The van der Waals surface area contributed by atoms with Crippen molar-refractivity contribution in [2.75, 3.05) is 0 Å². The van der Waals surface area contributed by atoms with Gasteiger partial charge >= 0.3 is 0 Å². The molecule has 0 atom stereocenters. The quantitative estimate of drug-likeness (QED) is 0.709. The molecule has 2 N–H and O–H groups in total. The molecule has 0 saturated heterocycles. The van der Waals surface area contributed by atoms with Gasteiger partial charge in [-0.15, -0.1) is 35.0 Å². The van der Waals surface area contributed by atoms with Gasteiger partial charge in [-0.1, -0.05) is 22.6 Å². The SMILES string of the molecule is Cl.Cl.O=CC1=c2cc3c(cc2C=C1C1=CC=CNN=N1)=CC=C3C1=CC=CNN=N1. The maximum Gasteiger partial charge on any atom is 0.151 e. The lowest BCUT2D eigenvalue weighted by Gasteiger charge is -2.05. The van der Waals surface area contributed by atoms with Crippen molar-refractivity contribution in [1.29, 1.82) is 0 Å². The fraction of sp³-hybridized carbons (Fsp3) is 0. The first-order chi connectivity index (χ1) is 13.8. The number of rotatable bonds is 3. The number of nitrogens with zero attached hydrogens (tertiary/aromatic N) is 4. The van der Waals surface area contributed by atoms with Crippen molar-refractivity contribution in [3.63, 3.8) is 0 Å². The highest BCUT2D eigenvalue weighted by molar-refractivity contribution is 6.13. The van der Waals surface area contributed by atoms with Crippen LogP contribution in [0.25, 0.3) is 23.3 Å². The van der Waals surface area contributed by atoms with Crippen molar-refractivity contribution in [2.45, 2.75) is 0 Å². The molecule has 7 nitrogen and oxygen atoms in total. The van der Waals surface area contributed by atoms with Gasteiger partial charge in [0.05, 0.1) is 11.4 Å². The van der Waals surface area contributed by atoms with Crippen molar-refractivity contribution < 1.29 is 4.79 Å². The molecular weight excluding hydrogens is 423 g/mol. The Morgan fingerprint density at radius 1 is 0.800 bits per heavy atom. The molecule has 1 aromatic rings. The number of halogens is 2. The zero-order chi connectivity index (χ0) is 18.9. The number of allylic oxidation sites excluding steroid dienone is 7. The summed E-state index contributed by atoms with van der Waals surface area (Å²) in [5.41, 5.74) is 11.1. The second kappa shape index (κ2) is 8.86. The van der Waals surface area contributed by atoms with E-state index in [1.807, 2.05) is 42.5 Å². The van der Waals surface area contributed by atoms with E-state index < -0.39 is 0 Å². The van der Waals surface area contributed by atoms with Crippen LogP contribution in [0.5, 0.6) is 0 Å². The van der Waals surface area contributed by atoms with Crippen molar-refractivity contribution >= 4 is 54.4 Å². The first-order valence-electron chi connectivity index (χ1n) is 8.70. The summed E-state index contributed by atoms with van der Waals surface area (Å²) < 4.78 is 0. The monoisotopic (exact) mass is 438 g/mol. The number of nitrogens with one attached hydrogen (secondary N) is 2. The number of fused-ring (bicyclic) bond motifs is 2. The topological polar surface area (TPSA) is 90.6 Å². The minimum atomic E-state index is 0. The summed E-state index contributed by atoms with van der Waals surface area (Å²) in [6.07, 6.45) is 17.7. The number of aldehydes is 1. The lowest BCUT2D eigenvalue weighted by molar-refractivity contribution is -0.103. The summed E-state index contributed by atoms with van der Waals surface area (Å²) >= 11 is 0. The van der Waals surface area contributed by atoms with Crippen LogP contribution in [-0.2, 0) is 4.79 Å². The summed E-state index contributed by atoms with van der Waals surface area (Å²) in [7, 11) is 0. The predicted octanol–water partition coefficient (Wildman–Crippen LogP) is 3.19. The zero-order valence-electron chi connectivity index (χ0n) is 15.4. The molecule has 2 aliphatic heterocycles. The van der Waals surface area contributed by atoms with Gasteiger partial charge in [0, 0.05) is 29.1 Å². The molecule has 0 fully saturated rings. The highest BCUT2D eigenvalue weighted by Gasteiger charge is 2.22. The fourth-order valence-corrected chi connectivity index (χ4v) is 3.51. The van der Waals surface area contributed by atoms with Crippen LogP contribution >= 0.6 is 24.8 Å². The van der Waals surface area contributed by atoms with Crippen LogP contribution in [0.3, 0.4) is 0 Å². The van der Waals surface area contributed by atoms with E-state index in [4.69, 9.17) is 0 Å². The molecule has 150 valence electrons. The molecule has 5 rings (SSSR count). The Morgan fingerprint density at radius 3 is 2.13 bits per heavy atom. The smallest absolute Gasteiger partial charge is 0.151 e. The van der Waals surface area contributed by atoms with Crippen molar-refractivity contribution in [3.8, 4) is 0 Å². The Labute approximate surface area is 184 Å². The van der Waals surface area contributed by atoms with Crippen LogP contribution in [0.2, 0.25) is 0 Å². The summed E-state index contributed by atoms with van der Waals surface area (Å²) in [4.78, 5) is 11.9. The predicted molar refractivity (Wildman–Crippen MR) is 121 cm³/mol. The normalized spacial score (nSPS) is 17.3. The Kier molecular flexibility index (Phi) is 6.25. The van der Waals surface area contributed by atoms with E-state index in [1.54, 1.807) is 18.5 Å². The molecule has 0 radical (unpaired) electrons. The average molecular weight is 439 g/mol. The lowest BCUT2D eigenvalue weighted by atomic mass is 10.0. The van der Waals surface area contributed by atoms with Gasteiger partial charge in [-0.2, -0.15) is 0 Å². The molecule has 4 aliphatic rings.